The van der Waals surface area contributed by atoms with Gasteiger partial charge in [-0.2, -0.15) is 5.26 Å². The van der Waals surface area contributed by atoms with Crippen LogP contribution in [-0.4, -0.2) is 32.7 Å². The number of methoxy groups -OCH3 is 1. The van der Waals surface area contributed by atoms with Gasteiger partial charge in [-0.25, -0.2) is 0 Å². The lowest BCUT2D eigenvalue weighted by Gasteiger charge is -2.34. The number of amides is 1. The molecule has 3 rings (SSSR count). The van der Waals surface area contributed by atoms with Crippen LogP contribution in [0.25, 0.3) is 0 Å². The second-order valence-electron chi connectivity index (χ2n) is 7.29. The van der Waals surface area contributed by atoms with Gasteiger partial charge in [0.05, 0.1) is 31.8 Å². The van der Waals surface area contributed by atoms with Gasteiger partial charge in [0.25, 0.3) is 0 Å². The zero-order valence-corrected chi connectivity index (χ0v) is 16.9. The lowest BCUT2D eigenvalue weighted by atomic mass is 10.0. The number of hydrogen-bond acceptors (Lipinski definition) is 4. The van der Waals surface area contributed by atoms with Gasteiger partial charge in [-0.1, -0.05) is 18.2 Å². The van der Waals surface area contributed by atoms with Crippen LogP contribution in [0.2, 0.25) is 0 Å². The van der Waals surface area contributed by atoms with Gasteiger partial charge in [0, 0.05) is 18.8 Å². The maximum absolute atomic E-state index is 13.3. The molecule has 1 aliphatic heterocycles. The van der Waals surface area contributed by atoms with E-state index in [0.717, 1.165) is 47.6 Å². The molecule has 0 aromatic heterocycles. The predicted octanol–water partition coefficient (Wildman–Crippen LogP) is 4.01. The molecule has 2 aromatic rings. The topological polar surface area (TPSA) is 56.6 Å². The molecule has 2 aromatic carbocycles. The van der Waals surface area contributed by atoms with Crippen LogP contribution in [0.3, 0.4) is 0 Å². The number of hydrogen-bond donors (Lipinski definition) is 0. The maximum Gasteiger partial charge on any atom is 0.246 e. The molecule has 0 aliphatic carbocycles. The Kier molecular flexibility index (Phi) is 6.20. The summed E-state index contributed by atoms with van der Waals surface area (Å²) in [6.07, 6.45) is 2.31. The molecular weight excluding hydrogens is 350 g/mol. The molecule has 0 N–H and O–H groups in total. The highest BCUT2D eigenvalue weighted by molar-refractivity contribution is 5.97. The Hall–Kier alpha value is -3.00. The lowest BCUT2D eigenvalue weighted by Crippen LogP contribution is -2.43. The fourth-order valence-corrected chi connectivity index (χ4v) is 3.94. The number of carbonyl (C=O) groups excluding carboxylic acids is 1. The van der Waals surface area contributed by atoms with Gasteiger partial charge in [-0.3, -0.25) is 4.79 Å². The summed E-state index contributed by atoms with van der Waals surface area (Å²) in [7, 11) is 1.67. The molecule has 1 aliphatic rings. The van der Waals surface area contributed by atoms with Gasteiger partial charge in [-0.05, 0) is 61.6 Å². The summed E-state index contributed by atoms with van der Waals surface area (Å²) in [5.41, 5.74) is 5.30. The van der Waals surface area contributed by atoms with Crippen molar-refractivity contribution in [3.63, 3.8) is 0 Å². The monoisotopic (exact) mass is 377 g/mol. The Balaban J connectivity index is 1.88. The summed E-state index contributed by atoms with van der Waals surface area (Å²) in [6.45, 7) is 5.53. The van der Waals surface area contributed by atoms with E-state index >= 15 is 0 Å². The van der Waals surface area contributed by atoms with E-state index in [2.05, 4.69) is 23.1 Å². The van der Waals surface area contributed by atoms with E-state index in [-0.39, 0.29) is 12.5 Å². The Labute approximate surface area is 167 Å². The first kappa shape index (κ1) is 19.8. The van der Waals surface area contributed by atoms with E-state index in [1.54, 1.807) is 12.0 Å². The number of ether oxygens (including phenoxy) is 1. The third-order valence-electron chi connectivity index (χ3n) is 5.09. The summed E-state index contributed by atoms with van der Waals surface area (Å²) >= 11 is 0. The number of fused-ring (bicyclic) bond motifs is 1. The van der Waals surface area contributed by atoms with Gasteiger partial charge in [0.1, 0.15) is 5.75 Å². The molecule has 5 heteroatoms. The van der Waals surface area contributed by atoms with Gasteiger partial charge < -0.3 is 14.5 Å². The van der Waals surface area contributed by atoms with Crippen molar-refractivity contribution in [1.29, 1.82) is 5.26 Å². The van der Waals surface area contributed by atoms with Crippen molar-refractivity contribution >= 4 is 17.3 Å². The van der Waals surface area contributed by atoms with E-state index in [4.69, 9.17) is 10.00 Å². The highest BCUT2D eigenvalue weighted by Crippen LogP contribution is 2.36. The van der Waals surface area contributed by atoms with Crippen molar-refractivity contribution in [3.8, 4) is 11.8 Å². The number of carbonyl (C=O) groups is 1. The minimum atomic E-state index is -0.000920. The molecule has 0 saturated carbocycles. The summed E-state index contributed by atoms with van der Waals surface area (Å²) in [5, 5.41) is 9.06. The minimum Gasteiger partial charge on any atom is -0.495 e. The second kappa shape index (κ2) is 8.79. The molecule has 0 saturated heterocycles. The highest BCUT2D eigenvalue weighted by Gasteiger charge is 2.25. The number of anilines is 2. The molecule has 0 unspecified atom stereocenters. The van der Waals surface area contributed by atoms with E-state index in [1.165, 1.54) is 5.56 Å². The largest absolute Gasteiger partial charge is 0.495 e. The molecule has 0 radical (unpaired) electrons. The van der Waals surface area contributed by atoms with Crippen molar-refractivity contribution < 1.29 is 9.53 Å². The molecular formula is C23H27N3O2. The number of para-hydroxylation sites is 1. The van der Waals surface area contributed by atoms with Crippen molar-refractivity contribution in [2.45, 2.75) is 33.1 Å². The Morgan fingerprint density at radius 3 is 2.68 bits per heavy atom. The molecule has 28 heavy (non-hydrogen) atoms. The van der Waals surface area contributed by atoms with Crippen LogP contribution in [0.4, 0.5) is 11.4 Å². The van der Waals surface area contributed by atoms with Crippen molar-refractivity contribution in [1.82, 2.24) is 0 Å². The summed E-state index contributed by atoms with van der Waals surface area (Å²) in [4.78, 5) is 17.1. The first-order valence-electron chi connectivity index (χ1n) is 9.70. The minimum absolute atomic E-state index is 0.000920. The lowest BCUT2D eigenvalue weighted by molar-refractivity contribution is -0.117. The average Bonchev–Trinajstić information content (AvgIpc) is 2.67. The first-order valence-corrected chi connectivity index (χ1v) is 9.70. The smallest absolute Gasteiger partial charge is 0.246 e. The maximum atomic E-state index is 13.3. The molecule has 1 heterocycles. The number of nitrogens with zero attached hydrogens (tertiary/aromatic N) is 3. The van der Waals surface area contributed by atoms with Crippen LogP contribution >= 0.6 is 0 Å². The Morgan fingerprint density at radius 1 is 1.25 bits per heavy atom. The Morgan fingerprint density at radius 2 is 2.00 bits per heavy atom. The van der Waals surface area contributed by atoms with Gasteiger partial charge in [-0.15, -0.1) is 0 Å². The molecule has 0 bridgehead atoms. The zero-order valence-electron chi connectivity index (χ0n) is 16.9. The van der Waals surface area contributed by atoms with E-state index in [1.807, 2.05) is 38.1 Å². The third-order valence-corrected chi connectivity index (χ3v) is 5.09. The fourth-order valence-electron chi connectivity index (χ4n) is 3.94. The molecule has 1 amide bonds. The van der Waals surface area contributed by atoms with Crippen molar-refractivity contribution in [2.75, 3.05) is 36.5 Å². The summed E-state index contributed by atoms with van der Waals surface area (Å²) in [5.74, 6) is 0.805. The number of rotatable bonds is 6. The normalized spacial score (nSPS) is 12.9. The van der Waals surface area contributed by atoms with Crippen LogP contribution < -0.4 is 14.5 Å². The summed E-state index contributed by atoms with van der Waals surface area (Å²) < 4.78 is 5.56. The Bertz CT molecular complexity index is 867. The fraction of sp³-hybridized carbons (Fsp3) is 0.391. The quantitative estimate of drug-likeness (QED) is 0.763. The number of aryl methyl sites for hydroxylation is 3. The average molecular weight is 377 g/mol. The zero-order chi connectivity index (χ0) is 20.1. The second-order valence-corrected chi connectivity index (χ2v) is 7.29. The van der Waals surface area contributed by atoms with Crippen LogP contribution in [-0.2, 0) is 11.2 Å². The standard InChI is InChI=1S/C23H27N3O2/c1-17-13-18(2)15-20(14-17)26(12-6-10-24)22(27)16-25-11-5-8-19-7-4-9-21(28-3)23(19)25/h4,7,9,13-15H,5-6,8,11-12,16H2,1-3H3. The van der Waals surface area contributed by atoms with E-state index in [0.29, 0.717) is 13.0 Å². The van der Waals surface area contributed by atoms with Crippen LogP contribution in [0.1, 0.15) is 29.5 Å². The van der Waals surface area contributed by atoms with Gasteiger partial charge in [0.2, 0.25) is 5.91 Å². The van der Waals surface area contributed by atoms with Crippen LogP contribution in [0.15, 0.2) is 36.4 Å². The van der Waals surface area contributed by atoms with Gasteiger partial charge in [0.15, 0.2) is 0 Å². The van der Waals surface area contributed by atoms with Crippen LogP contribution in [0.5, 0.6) is 5.75 Å². The molecule has 0 atom stereocenters. The van der Waals surface area contributed by atoms with E-state index < -0.39 is 0 Å². The SMILES string of the molecule is COc1cccc2c1N(CC(=O)N(CCC#N)c1cc(C)cc(C)c1)CCC2. The molecule has 0 fully saturated rings. The number of benzene rings is 2. The van der Waals surface area contributed by atoms with Crippen molar-refractivity contribution in [3.05, 3.63) is 53.1 Å². The molecule has 146 valence electrons. The van der Waals surface area contributed by atoms with E-state index in [9.17, 15) is 4.79 Å². The van der Waals surface area contributed by atoms with Gasteiger partial charge >= 0.3 is 0 Å². The predicted molar refractivity (Wildman–Crippen MR) is 112 cm³/mol. The van der Waals surface area contributed by atoms with Crippen molar-refractivity contribution in [2.24, 2.45) is 0 Å². The number of nitriles is 1. The first-order chi connectivity index (χ1) is 13.5. The highest BCUT2D eigenvalue weighted by atomic mass is 16.5. The summed E-state index contributed by atoms with van der Waals surface area (Å²) in [6, 6.07) is 14.3. The third kappa shape index (κ3) is 4.28. The van der Waals surface area contributed by atoms with Crippen LogP contribution in [0, 0.1) is 25.2 Å². The molecule has 0 spiro atoms. The molecule has 5 nitrogen and oxygen atoms in total.